The minimum atomic E-state index is 0. The van der Waals surface area contributed by atoms with Gasteiger partial charge in [0.15, 0.2) is 5.96 Å². The largest absolute Gasteiger partial charge is 0.357 e. The lowest BCUT2D eigenvalue weighted by Gasteiger charge is -2.22. The predicted molar refractivity (Wildman–Crippen MR) is 116 cm³/mol. The molecule has 1 heterocycles. The zero-order valence-electron chi connectivity index (χ0n) is 15.1. The molecule has 0 saturated heterocycles. The molecule has 0 radical (unpaired) electrons. The first-order chi connectivity index (χ1) is 11.6. The number of aryl methyl sites for hydroxylation is 2. The van der Waals surface area contributed by atoms with Gasteiger partial charge in [-0.3, -0.25) is 9.67 Å². The molecule has 0 amide bonds. The van der Waals surface area contributed by atoms with Crippen LogP contribution in [-0.2, 0) is 13.1 Å². The number of benzene rings is 1. The first kappa shape index (κ1) is 21.8. The van der Waals surface area contributed by atoms with Gasteiger partial charge in [0.2, 0.25) is 0 Å². The van der Waals surface area contributed by atoms with E-state index in [0.29, 0.717) is 0 Å². The van der Waals surface area contributed by atoms with Crippen molar-refractivity contribution in [3.05, 3.63) is 52.8 Å². The Balaban J connectivity index is 0.00000312. The maximum Gasteiger partial charge on any atom is 0.193 e. The van der Waals surface area contributed by atoms with E-state index in [2.05, 4.69) is 35.4 Å². The molecular formula is C18H27ClIN5. The van der Waals surface area contributed by atoms with Crippen molar-refractivity contribution in [2.75, 3.05) is 20.1 Å². The van der Waals surface area contributed by atoms with E-state index in [1.54, 1.807) is 0 Å². The summed E-state index contributed by atoms with van der Waals surface area (Å²) < 4.78 is 1.97. The molecule has 2 rings (SSSR count). The van der Waals surface area contributed by atoms with Gasteiger partial charge in [0.25, 0.3) is 0 Å². The molecule has 138 valence electrons. The van der Waals surface area contributed by atoms with Crippen LogP contribution >= 0.6 is 35.6 Å². The van der Waals surface area contributed by atoms with Gasteiger partial charge in [-0.1, -0.05) is 23.7 Å². The fourth-order valence-corrected chi connectivity index (χ4v) is 2.54. The predicted octanol–water partition coefficient (Wildman–Crippen LogP) is 3.95. The molecule has 1 N–H and O–H groups in total. The van der Waals surface area contributed by atoms with Crippen LogP contribution in [0, 0.1) is 6.92 Å². The van der Waals surface area contributed by atoms with Crippen LogP contribution in [0.5, 0.6) is 0 Å². The second kappa shape index (κ2) is 11.4. The van der Waals surface area contributed by atoms with Crippen molar-refractivity contribution in [1.82, 2.24) is 20.0 Å². The number of guanidine groups is 1. The van der Waals surface area contributed by atoms with E-state index >= 15 is 0 Å². The van der Waals surface area contributed by atoms with Crippen LogP contribution in [-0.4, -0.2) is 40.8 Å². The number of hydrogen-bond acceptors (Lipinski definition) is 2. The van der Waals surface area contributed by atoms with Crippen molar-refractivity contribution in [3.8, 4) is 0 Å². The number of rotatable bonds is 7. The van der Waals surface area contributed by atoms with Gasteiger partial charge in [-0.15, -0.1) is 24.0 Å². The summed E-state index contributed by atoms with van der Waals surface area (Å²) >= 11 is 5.94. The van der Waals surface area contributed by atoms with Crippen LogP contribution < -0.4 is 5.32 Å². The van der Waals surface area contributed by atoms with Crippen molar-refractivity contribution >= 4 is 41.5 Å². The van der Waals surface area contributed by atoms with Crippen molar-refractivity contribution in [2.45, 2.75) is 33.4 Å². The summed E-state index contributed by atoms with van der Waals surface area (Å²) in [6, 6.07) is 7.92. The van der Waals surface area contributed by atoms with Crippen LogP contribution in [0.15, 0.2) is 41.7 Å². The van der Waals surface area contributed by atoms with Crippen LogP contribution in [0.3, 0.4) is 0 Å². The van der Waals surface area contributed by atoms with Gasteiger partial charge < -0.3 is 10.2 Å². The van der Waals surface area contributed by atoms with Gasteiger partial charge in [-0.2, -0.15) is 5.10 Å². The van der Waals surface area contributed by atoms with E-state index in [4.69, 9.17) is 16.6 Å². The Bertz CT molecular complexity index is 654. The molecule has 0 aliphatic heterocycles. The molecule has 0 bridgehead atoms. The lowest BCUT2D eigenvalue weighted by molar-refractivity contribution is 0.475. The summed E-state index contributed by atoms with van der Waals surface area (Å²) in [4.78, 5) is 6.84. The van der Waals surface area contributed by atoms with Crippen molar-refractivity contribution in [3.63, 3.8) is 0 Å². The number of hydrogen-bond donors (Lipinski definition) is 1. The van der Waals surface area contributed by atoms with E-state index in [1.807, 2.05) is 42.2 Å². The zero-order valence-corrected chi connectivity index (χ0v) is 18.2. The molecule has 0 unspecified atom stereocenters. The van der Waals surface area contributed by atoms with E-state index in [-0.39, 0.29) is 24.0 Å². The molecule has 0 saturated carbocycles. The average molecular weight is 476 g/mol. The highest BCUT2D eigenvalue weighted by atomic mass is 127. The molecule has 0 atom stereocenters. The second-order valence-electron chi connectivity index (χ2n) is 5.85. The van der Waals surface area contributed by atoms with Crippen molar-refractivity contribution in [2.24, 2.45) is 4.99 Å². The van der Waals surface area contributed by atoms with Gasteiger partial charge in [0, 0.05) is 44.4 Å². The molecule has 0 fully saturated rings. The Morgan fingerprint density at radius 3 is 2.64 bits per heavy atom. The normalized spacial score (nSPS) is 11.1. The Morgan fingerprint density at radius 2 is 2.04 bits per heavy atom. The molecule has 0 spiro atoms. The highest BCUT2D eigenvalue weighted by Gasteiger charge is 2.06. The van der Waals surface area contributed by atoms with Gasteiger partial charge in [0.1, 0.15) is 0 Å². The number of aliphatic imine (C=N–C) groups is 1. The first-order valence-electron chi connectivity index (χ1n) is 8.31. The smallest absolute Gasteiger partial charge is 0.193 e. The molecule has 25 heavy (non-hydrogen) atoms. The minimum Gasteiger partial charge on any atom is -0.357 e. The molecule has 0 aliphatic rings. The van der Waals surface area contributed by atoms with Crippen LogP contribution in [0.4, 0.5) is 0 Å². The SMILES string of the molecule is CCNC(=NCCCn1cc(C)cn1)N(C)Cc1ccc(Cl)cc1.I. The molecule has 0 aliphatic carbocycles. The van der Waals surface area contributed by atoms with Gasteiger partial charge >= 0.3 is 0 Å². The van der Waals surface area contributed by atoms with Crippen LogP contribution in [0.1, 0.15) is 24.5 Å². The van der Waals surface area contributed by atoms with E-state index in [0.717, 1.165) is 43.6 Å². The summed E-state index contributed by atoms with van der Waals surface area (Å²) in [6.45, 7) is 7.43. The van der Waals surface area contributed by atoms with Crippen molar-refractivity contribution < 1.29 is 0 Å². The quantitative estimate of drug-likeness (QED) is 0.285. The Morgan fingerprint density at radius 1 is 1.32 bits per heavy atom. The highest BCUT2D eigenvalue weighted by molar-refractivity contribution is 14.0. The van der Waals surface area contributed by atoms with E-state index in [1.165, 1.54) is 11.1 Å². The maximum atomic E-state index is 5.94. The molecule has 5 nitrogen and oxygen atoms in total. The monoisotopic (exact) mass is 475 g/mol. The summed E-state index contributed by atoms with van der Waals surface area (Å²) in [5.41, 5.74) is 2.40. The van der Waals surface area contributed by atoms with E-state index < -0.39 is 0 Å². The molecule has 2 aromatic rings. The van der Waals surface area contributed by atoms with Gasteiger partial charge in [0.05, 0.1) is 6.20 Å². The van der Waals surface area contributed by atoms with E-state index in [9.17, 15) is 0 Å². The van der Waals surface area contributed by atoms with Gasteiger partial charge in [-0.25, -0.2) is 0 Å². The third-order valence-electron chi connectivity index (χ3n) is 3.60. The number of nitrogens with zero attached hydrogens (tertiary/aromatic N) is 4. The molecule has 1 aromatic heterocycles. The topological polar surface area (TPSA) is 45.5 Å². The third kappa shape index (κ3) is 7.64. The summed E-state index contributed by atoms with van der Waals surface area (Å²) in [5.74, 6) is 0.920. The highest BCUT2D eigenvalue weighted by Crippen LogP contribution is 2.11. The molecule has 1 aromatic carbocycles. The Labute approximate surface area is 172 Å². The van der Waals surface area contributed by atoms with Gasteiger partial charge in [-0.05, 0) is 43.5 Å². The fourth-order valence-electron chi connectivity index (χ4n) is 2.42. The maximum absolute atomic E-state index is 5.94. The zero-order chi connectivity index (χ0) is 17.4. The number of nitrogens with one attached hydrogen (secondary N) is 1. The molecule has 7 heteroatoms. The Hall–Kier alpha value is -1.28. The summed E-state index contributed by atoms with van der Waals surface area (Å²) in [6.07, 6.45) is 4.90. The van der Waals surface area contributed by atoms with Crippen LogP contribution in [0.25, 0.3) is 0 Å². The first-order valence-corrected chi connectivity index (χ1v) is 8.69. The summed E-state index contributed by atoms with van der Waals surface area (Å²) in [7, 11) is 2.05. The molecular weight excluding hydrogens is 449 g/mol. The van der Waals surface area contributed by atoms with Crippen LogP contribution in [0.2, 0.25) is 5.02 Å². The lowest BCUT2D eigenvalue weighted by atomic mass is 10.2. The number of aromatic nitrogens is 2. The standard InChI is InChI=1S/C18H26ClN5.HI/c1-4-20-18(21-10-5-11-24-13-15(2)12-22-24)23(3)14-16-6-8-17(19)9-7-16;/h6-9,12-13H,4-5,10-11,14H2,1-3H3,(H,20,21);1H. The van der Waals surface area contributed by atoms with Crippen molar-refractivity contribution in [1.29, 1.82) is 0 Å². The third-order valence-corrected chi connectivity index (χ3v) is 3.85. The summed E-state index contributed by atoms with van der Waals surface area (Å²) in [5, 5.41) is 8.40. The lowest BCUT2D eigenvalue weighted by Crippen LogP contribution is -2.38. The second-order valence-corrected chi connectivity index (χ2v) is 6.29. The average Bonchev–Trinajstić information content (AvgIpc) is 2.98. The Kier molecular flexibility index (Phi) is 9.89. The minimum absolute atomic E-state index is 0. The number of halogens is 2. The fraction of sp³-hybridized carbons (Fsp3) is 0.444.